The van der Waals surface area contributed by atoms with E-state index < -0.39 is 0 Å². The first-order valence-corrected chi connectivity index (χ1v) is 5.69. The molecule has 0 nitrogen and oxygen atoms in total. The van der Waals surface area contributed by atoms with Gasteiger partial charge in [0.15, 0.2) is 0 Å². The van der Waals surface area contributed by atoms with Crippen LogP contribution < -0.4 is 0 Å². The van der Waals surface area contributed by atoms with Gasteiger partial charge >= 0.3 is 0 Å². The first-order chi connectivity index (χ1) is 6.95. The van der Waals surface area contributed by atoms with Crippen LogP contribution in [0.5, 0.6) is 0 Å². The van der Waals surface area contributed by atoms with E-state index in [0.29, 0.717) is 5.25 Å². The van der Waals surface area contributed by atoms with E-state index >= 15 is 0 Å². The molecule has 1 unspecified atom stereocenters. The van der Waals surface area contributed by atoms with Crippen LogP contribution in [0.15, 0.2) is 59.5 Å². The lowest BCUT2D eigenvalue weighted by Crippen LogP contribution is -1.94. The van der Waals surface area contributed by atoms with Crippen LogP contribution in [0, 0.1) is 0 Å². The van der Waals surface area contributed by atoms with Gasteiger partial charge < -0.3 is 0 Å². The number of benzene rings is 1. The second-order valence-corrected chi connectivity index (χ2v) is 4.48. The SMILES string of the molecule is C1=CC2SC=C(c3ccccc3)C2=C1. The Bertz CT molecular complexity index is 438. The third-order valence-electron chi connectivity index (χ3n) is 2.60. The van der Waals surface area contributed by atoms with Gasteiger partial charge in [-0.15, -0.1) is 11.8 Å². The van der Waals surface area contributed by atoms with Gasteiger partial charge in [-0.05, 0) is 22.1 Å². The second kappa shape index (κ2) is 3.18. The van der Waals surface area contributed by atoms with Crippen LogP contribution in [-0.4, -0.2) is 5.25 Å². The maximum atomic E-state index is 2.27. The highest BCUT2D eigenvalue weighted by atomic mass is 32.2. The summed E-state index contributed by atoms with van der Waals surface area (Å²) in [5.41, 5.74) is 4.18. The predicted octanol–water partition coefficient (Wildman–Crippen LogP) is 3.64. The number of rotatable bonds is 1. The Balaban J connectivity index is 2.02. The number of fused-ring (bicyclic) bond motifs is 1. The largest absolute Gasteiger partial charge is 0.121 e. The fourth-order valence-electron chi connectivity index (χ4n) is 1.88. The molecular weight excluding hydrogens is 188 g/mol. The van der Waals surface area contributed by atoms with Crippen LogP contribution >= 0.6 is 11.8 Å². The summed E-state index contributed by atoms with van der Waals surface area (Å²) < 4.78 is 0. The molecule has 1 aliphatic heterocycles. The summed E-state index contributed by atoms with van der Waals surface area (Å²) in [5, 5.41) is 2.85. The Morgan fingerprint density at radius 2 is 1.93 bits per heavy atom. The first kappa shape index (κ1) is 8.13. The third kappa shape index (κ3) is 1.17. The van der Waals surface area contributed by atoms with E-state index in [2.05, 4.69) is 54.0 Å². The molecule has 1 aromatic carbocycles. The maximum Gasteiger partial charge on any atom is 0.0528 e. The summed E-state index contributed by atoms with van der Waals surface area (Å²) in [4.78, 5) is 0. The molecule has 2 aliphatic rings. The lowest BCUT2D eigenvalue weighted by molar-refractivity contribution is 1.38. The van der Waals surface area contributed by atoms with Crippen molar-refractivity contribution in [2.24, 2.45) is 0 Å². The molecule has 0 radical (unpaired) electrons. The van der Waals surface area contributed by atoms with Crippen molar-refractivity contribution in [3.8, 4) is 0 Å². The van der Waals surface area contributed by atoms with Gasteiger partial charge in [-0.3, -0.25) is 0 Å². The number of hydrogen-bond acceptors (Lipinski definition) is 1. The minimum Gasteiger partial charge on any atom is -0.121 e. The molecule has 0 N–H and O–H groups in total. The first-order valence-electron chi connectivity index (χ1n) is 4.75. The van der Waals surface area contributed by atoms with Gasteiger partial charge in [0.2, 0.25) is 0 Å². The van der Waals surface area contributed by atoms with Crippen LogP contribution in [0.4, 0.5) is 0 Å². The average Bonchev–Trinajstić information content (AvgIpc) is 2.79. The number of thioether (sulfide) groups is 1. The Hall–Kier alpha value is -1.21. The normalized spacial score (nSPS) is 23.3. The zero-order chi connectivity index (χ0) is 9.38. The van der Waals surface area contributed by atoms with Crippen molar-refractivity contribution in [1.29, 1.82) is 0 Å². The zero-order valence-corrected chi connectivity index (χ0v) is 8.50. The molecule has 0 aromatic heterocycles. The van der Waals surface area contributed by atoms with Crippen molar-refractivity contribution in [1.82, 2.24) is 0 Å². The summed E-state index contributed by atoms with van der Waals surface area (Å²) in [7, 11) is 0. The van der Waals surface area contributed by atoms with E-state index in [1.54, 1.807) is 0 Å². The molecule has 1 heteroatoms. The standard InChI is InChI=1S/C13H10S/c1-2-5-10(6-3-1)12-9-14-13-8-4-7-11(12)13/h1-9,13H. The maximum absolute atomic E-state index is 2.27. The molecule has 3 rings (SSSR count). The quantitative estimate of drug-likeness (QED) is 0.664. The third-order valence-corrected chi connectivity index (χ3v) is 3.67. The second-order valence-electron chi connectivity index (χ2n) is 3.46. The summed E-state index contributed by atoms with van der Waals surface area (Å²) in [5.74, 6) is 0. The molecule has 0 spiro atoms. The van der Waals surface area contributed by atoms with E-state index in [0.717, 1.165) is 0 Å². The van der Waals surface area contributed by atoms with Gasteiger partial charge in [0.05, 0.1) is 5.25 Å². The summed E-state index contributed by atoms with van der Waals surface area (Å²) in [6.07, 6.45) is 6.64. The molecule has 0 fully saturated rings. The number of hydrogen-bond donors (Lipinski definition) is 0. The van der Waals surface area contributed by atoms with Gasteiger partial charge in [0.1, 0.15) is 0 Å². The zero-order valence-electron chi connectivity index (χ0n) is 7.68. The van der Waals surface area contributed by atoms with E-state index in [4.69, 9.17) is 0 Å². The van der Waals surface area contributed by atoms with Crippen molar-refractivity contribution < 1.29 is 0 Å². The Morgan fingerprint density at radius 3 is 2.79 bits per heavy atom. The van der Waals surface area contributed by atoms with Crippen LogP contribution in [0.3, 0.4) is 0 Å². The molecule has 0 saturated heterocycles. The predicted molar refractivity (Wildman–Crippen MR) is 63.0 cm³/mol. The summed E-state index contributed by atoms with van der Waals surface area (Å²) in [6.45, 7) is 0. The monoisotopic (exact) mass is 198 g/mol. The van der Waals surface area contributed by atoms with Gasteiger partial charge in [-0.2, -0.15) is 0 Å². The van der Waals surface area contributed by atoms with Crippen molar-refractivity contribution in [2.45, 2.75) is 5.25 Å². The van der Waals surface area contributed by atoms with Gasteiger partial charge in [0, 0.05) is 0 Å². The molecule has 68 valence electrons. The molecule has 1 heterocycles. The van der Waals surface area contributed by atoms with Crippen molar-refractivity contribution in [3.63, 3.8) is 0 Å². The van der Waals surface area contributed by atoms with Crippen molar-refractivity contribution in [2.75, 3.05) is 0 Å². The Kier molecular flexibility index (Phi) is 1.84. The van der Waals surface area contributed by atoms with Crippen LogP contribution in [0.1, 0.15) is 5.56 Å². The van der Waals surface area contributed by atoms with E-state index in [1.807, 2.05) is 11.8 Å². The topological polar surface area (TPSA) is 0 Å². The molecule has 1 atom stereocenters. The van der Waals surface area contributed by atoms with Gasteiger partial charge in [-0.1, -0.05) is 48.6 Å². The molecular formula is C13H10S. The van der Waals surface area contributed by atoms with E-state index in [9.17, 15) is 0 Å². The number of allylic oxidation sites excluding steroid dienone is 3. The molecule has 1 aromatic rings. The highest BCUT2D eigenvalue weighted by molar-refractivity contribution is 8.03. The average molecular weight is 198 g/mol. The van der Waals surface area contributed by atoms with Crippen molar-refractivity contribution >= 4 is 17.3 Å². The minimum atomic E-state index is 0.574. The lowest BCUT2D eigenvalue weighted by Gasteiger charge is -2.06. The van der Waals surface area contributed by atoms with Gasteiger partial charge in [0.25, 0.3) is 0 Å². The van der Waals surface area contributed by atoms with Crippen LogP contribution in [0.2, 0.25) is 0 Å². The fraction of sp³-hybridized carbons (Fsp3) is 0.0769. The Morgan fingerprint density at radius 1 is 1.07 bits per heavy atom. The smallest absolute Gasteiger partial charge is 0.0528 e. The van der Waals surface area contributed by atoms with Crippen molar-refractivity contribution in [3.05, 3.63) is 65.1 Å². The highest BCUT2D eigenvalue weighted by Gasteiger charge is 2.24. The van der Waals surface area contributed by atoms with E-state index in [-0.39, 0.29) is 0 Å². The molecule has 14 heavy (non-hydrogen) atoms. The Labute approximate surface area is 88.0 Å². The van der Waals surface area contributed by atoms with Crippen LogP contribution in [0.25, 0.3) is 5.57 Å². The fourth-order valence-corrected chi connectivity index (χ4v) is 2.97. The molecule has 1 aliphatic carbocycles. The van der Waals surface area contributed by atoms with Crippen LogP contribution in [-0.2, 0) is 0 Å². The van der Waals surface area contributed by atoms with Gasteiger partial charge in [-0.25, -0.2) is 0 Å². The summed E-state index contributed by atoms with van der Waals surface area (Å²) >= 11 is 1.90. The minimum absolute atomic E-state index is 0.574. The summed E-state index contributed by atoms with van der Waals surface area (Å²) in [6, 6.07) is 10.6. The molecule has 0 amide bonds. The molecule has 0 bridgehead atoms. The highest BCUT2D eigenvalue weighted by Crippen LogP contribution is 2.43. The lowest BCUT2D eigenvalue weighted by atomic mass is 9.99. The molecule has 0 saturated carbocycles. The van der Waals surface area contributed by atoms with E-state index in [1.165, 1.54) is 16.7 Å².